The third-order valence-electron chi connectivity index (χ3n) is 3.99. The Balaban J connectivity index is 2.18. The SMILES string of the molecule is CC(C)(C)N1CCN(c2ccc(CO)cc2[N+](=O)[O-])CC1. The zero-order valence-corrected chi connectivity index (χ0v) is 12.9. The minimum Gasteiger partial charge on any atom is -0.392 e. The molecular weight excluding hydrogens is 270 g/mol. The van der Waals surface area contributed by atoms with Crippen molar-refractivity contribution in [3.05, 3.63) is 33.9 Å². The van der Waals surface area contributed by atoms with Crippen LogP contribution in [0.5, 0.6) is 0 Å². The summed E-state index contributed by atoms with van der Waals surface area (Å²) in [5.74, 6) is 0. The molecule has 0 saturated carbocycles. The minimum atomic E-state index is -0.370. The van der Waals surface area contributed by atoms with E-state index in [1.807, 2.05) is 0 Å². The van der Waals surface area contributed by atoms with Crippen molar-refractivity contribution in [2.75, 3.05) is 31.1 Å². The van der Waals surface area contributed by atoms with E-state index >= 15 is 0 Å². The summed E-state index contributed by atoms with van der Waals surface area (Å²) in [6.45, 7) is 9.69. The van der Waals surface area contributed by atoms with E-state index in [9.17, 15) is 10.1 Å². The summed E-state index contributed by atoms with van der Waals surface area (Å²) < 4.78 is 0. The Hall–Kier alpha value is -1.66. The van der Waals surface area contributed by atoms with Crippen molar-refractivity contribution >= 4 is 11.4 Å². The Labute approximate surface area is 125 Å². The summed E-state index contributed by atoms with van der Waals surface area (Å²) in [5.41, 5.74) is 1.41. The van der Waals surface area contributed by atoms with Gasteiger partial charge >= 0.3 is 0 Å². The molecule has 6 nitrogen and oxygen atoms in total. The number of nitrogens with zero attached hydrogens (tertiary/aromatic N) is 3. The van der Waals surface area contributed by atoms with Crippen LogP contribution in [-0.4, -0.2) is 46.6 Å². The van der Waals surface area contributed by atoms with Gasteiger partial charge in [-0.05, 0) is 32.4 Å². The molecule has 6 heteroatoms. The van der Waals surface area contributed by atoms with E-state index in [0.29, 0.717) is 11.3 Å². The van der Waals surface area contributed by atoms with Gasteiger partial charge in [-0.15, -0.1) is 0 Å². The van der Waals surface area contributed by atoms with E-state index in [4.69, 9.17) is 5.11 Å². The van der Waals surface area contributed by atoms with Crippen LogP contribution in [0.3, 0.4) is 0 Å². The standard InChI is InChI=1S/C15H23N3O3/c1-15(2,3)17-8-6-16(7-9-17)13-5-4-12(11-19)10-14(13)18(20)21/h4-5,10,19H,6-9,11H2,1-3H3. The maximum absolute atomic E-state index is 11.2. The summed E-state index contributed by atoms with van der Waals surface area (Å²) >= 11 is 0. The molecule has 1 heterocycles. The molecule has 0 radical (unpaired) electrons. The van der Waals surface area contributed by atoms with Crippen LogP contribution in [-0.2, 0) is 6.61 Å². The average molecular weight is 293 g/mol. The molecular formula is C15H23N3O3. The van der Waals surface area contributed by atoms with Gasteiger partial charge in [0.05, 0.1) is 11.5 Å². The van der Waals surface area contributed by atoms with E-state index in [1.54, 1.807) is 12.1 Å². The largest absolute Gasteiger partial charge is 0.392 e. The average Bonchev–Trinajstić information content (AvgIpc) is 2.45. The van der Waals surface area contributed by atoms with Crippen molar-refractivity contribution in [1.82, 2.24) is 4.90 Å². The number of anilines is 1. The molecule has 1 aromatic carbocycles. The van der Waals surface area contributed by atoms with Gasteiger partial charge in [-0.1, -0.05) is 6.07 Å². The molecule has 0 bridgehead atoms. The Morgan fingerprint density at radius 1 is 1.24 bits per heavy atom. The molecule has 2 rings (SSSR count). The predicted molar refractivity (Wildman–Crippen MR) is 82.6 cm³/mol. The van der Waals surface area contributed by atoms with Crippen molar-refractivity contribution in [2.24, 2.45) is 0 Å². The van der Waals surface area contributed by atoms with E-state index < -0.39 is 0 Å². The van der Waals surface area contributed by atoms with Crippen LogP contribution >= 0.6 is 0 Å². The highest BCUT2D eigenvalue weighted by atomic mass is 16.6. The van der Waals surface area contributed by atoms with E-state index in [1.165, 1.54) is 6.07 Å². The monoisotopic (exact) mass is 293 g/mol. The van der Waals surface area contributed by atoms with Crippen molar-refractivity contribution in [1.29, 1.82) is 0 Å². The van der Waals surface area contributed by atoms with Crippen LogP contribution in [0.25, 0.3) is 0 Å². The first-order valence-corrected chi connectivity index (χ1v) is 7.21. The Kier molecular flexibility index (Phi) is 4.49. The minimum absolute atomic E-state index is 0.0748. The lowest BCUT2D eigenvalue weighted by Crippen LogP contribution is -2.53. The molecule has 1 fully saturated rings. The second kappa shape index (κ2) is 5.99. The maximum Gasteiger partial charge on any atom is 0.292 e. The predicted octanol–water partition coefficient (Wildman–Crippen LogP) is 2.01. The molecule has 0 aliphatic carbocycles. The molecule has 0 spiro atoms. The van der Waals surface area contributed by atoms with Crippen LogP contribution in [0, 0.1) is 10.1 Å². The number of benzene rings is 1. The van der Waals surface area contributed by atoms with Crippen LogP contribution in [0.1, 0.15) is 26.3 Å². The molecule has 1 aromatic rings. The number of nitro benzene ring substituents is 1. The van der Waals surface area contributed by atoms with Crippen molar-refractivity contribution in [3.63, 3.8) is 0 Å². The maximum atomic E-state index is 11.2. The van der Waals surface area contributed by atoms with Gasteiger partial charge in [0.25, 0.3) is 5.69 Å². The summed E-state index contributed by atoms with van der Waals surface area (Å²) in [6.07, 6.45) is 0. The molecule has 0 amide bonds. The van der Waals surface area contributed by atoms with Gasteiger partial charge in [0.1, 0.15) is 5.69 Å². The molecule has 1 N–H and O–H groups in total. The third-order valence-corrected chi connectivity index (χ3v) is 3.99. The number of hydrogen-bond donors (Lipinski definition) is 1. The van der Waals surface area contributed by atoms with E-state index in [2.05, 4.69) is 30.6 Å². The van der Waals surface area contributed by atoms with Crippen molar-refractivity contribution < 1.29 is 10.0 Å². The van der Waals surface area contributed by atoms with Gasteiger partial charge < -0.3 is 10.0 Å². The summed E-state index contributed by atoms with van der Waals surface area (Å²) in [4.78, 5) is 15.3. The Morgan fingerprint density at radius 2 is 1.86 bits per heavy atom. The van der Waals surface area contributed by atoms with Crippen LogP contribution in [0.15, 0.2) is 18.2 Å². The summed E-state index contributed by atoms with van der Waals surface area (Å²) in [5, 5.41) is 20.4. The van der Waals surface area contributed by atoms with Gasteiger partial charge in [-0.2, -0.15) is 0 Å². The fourth-order valence-corrected chi connectivity index (χ4v) is 2.70. The van der Waals surface area contributed by atoms with Crippen molar-refractivity contribution in [2.45, 2.75) is 32.9 Å². The highest BCUT2D eigenvalue weighted by molar-refractivity contribution is 5.64. The van der Waals surface area contributed by atoms with Crippen molar-refractivity contribution in [3.8, 4) is 0 Å². The smallest absolute Gasteiger partial charge is 0.292 e. The number of aliphatic hydroxyl groups is 1. The molecule has 1 saturated heterocycles. The third kappa shape index (κ3) is 3.51. The molecule has 21 heavy (non-hydrogen) atoms. The molecule has 0 aromatic heterocycles. The van der Waals surface area contributed by atoms with Gasteiger partial charge in [-0.25, -0.2) is 0 Å². The van der Waals surface area contributed by atoms with E-state index in [-0.39, 0.29) is 22.8 Å². The second-order valence-corrected chi connectivity index (χ2v) is 6.38. The number of rotatable bonds is 3. The Morgan fingerprint density at radius 3 is 2.33 bits per heavy atom. The molecule has 1 aliphatic rings. The lowest BCUT2D eigenvalue weighted by atomic mass is 10.0. The molecule has 1 aliphatic heterocycles. The zero-order chi connectivity index (χ0) is 15.6. The molecule has 116 valence electrons. The molecule has 0 unspecified atom stereocenters. The van der Waals surface area contributed by atoms with Gasteiger partial charge in [0, 0.05) is 37.8 Å². The summed E-state index contributed by atoms with van der Waals surface area (Å²) in [6, 6.07) is 4.96. The zero-order valence-electron chi connectivity index (χ0n) is 12.9. The highest BCUT2D eigenvalue weighted by Gasteiger charge is 2.28. The van der Waals surface area contributed by atoms with Gasteiger partial charge in [-0.3, -0.25) is 15.0 Å². The van der Waals surface area contributed by atoms with Crippen LogP contribution in [0.2, 0.25) is 0 Å². The van der Waals surface area contributed by atoms with Gasteiger partial charge in [0.15, 0.2) is 0 Å². The lowest BCUT2D eigenvalue weighted by Gasteiger charge is -2.42. The quantitative estimate of drug-likeness (QED) is 0.682. The fourth-order valence-electron chi connectivity index (χ4n) is 2.70. The number of aliphatic hydroxyl groups excluding tert-OH is 1. The summed E-state index contributed by atoms with van der Waals surface area (Å²) in [7, 11) is 0. The normalized spacial score (nSPS) is 17.0. The van der Waals surface area contributed by atoms with Crippen LogP contribution < -0.4 is 4.90 Å². The number of nitro groups is 1. The second-order valence-electron chi connectivity index (χ2n) is 6.38. The highest BCUT2D eigenvalue weighted by Crippen LogP contribution is 2.30. The fraction of sp³-hybridized carbons (Fsp3) is 0.600. The van der Waals surface area contributed by atoms with Gasteiger partial charge in [0.2, 0.25) is 0 Å². The van der Waals surface area contributed by atoms with Crippen LogP contribution in [0.4, 0.5) is 11.4 Å². The topological polar surface area (TPSA) is 69.8 Å². The number of piperazine rings is 1. The van der Waals surface area contributed by atoms with E-state index in [0.717, 1.165) is 26.2 Å². The Bertz CT molecular complexity index is 517. The number of hydrogen-bond acceptors (Lipinski definition) is 5. The lowest BCUT2D eigenvalue weighted by molar-refractivity contribution is -0.384. The first-order chi connectivity index (χ1) is 9.82. The first kappa shape index (κ1) is 15.7. The molecule has 0 atom stereocenters. The first-order valence-electron chi connectivity index (χ1n) is 7.21.